The minimum Gasteiger partial charge on any atom is -0.472 e. The average molecular weight is 326 g/mol. The molecule has 0 aromatic carbocycles. The molecule has 3 rings (SSSR count). The summed E-state index contributed by atoms with van der Waals surface area (Å²) in [6, 6.07) is 4.00. The van der Waals surface area contributed by atoms with Crippen LogP contribution in [0.3, 0.4) is 0 Å². The monoisotopic (exact) mass is 326 g/mol. The number of fused-ring (bicyclic) bond motifs is 1. The highest BCUT2D eigenvalue weighted by Crippen LogP contribution is 2.51. The summed E-state index contributed by atoms with van der Waals surface area (Å²) < 4.78 is 35.3. The molecule has 23 heavy (non-hydrogen) atoms. The average Bonchev–Trinajstić information content (AvgIpc) is 2.53. The van der Waals surface area contributed by atoms with E-state index in [0.717, 1.165) is 18.6 Å². The molecule has 1 aromatic heterocycles. The first-order chi connectivity index (χ1) is 11.0. The molecule has 0 unspecified atom stereocenters. The summed E-state index contributed by atoms with van der Waals surface area (Å²) in [5, 5.41) is 3.61. The lowest BCUT2D eigenvalue weighted by atomic mass is 9.55. The standard InChI is InChI=1S/C17H24F2N2O2/c1-17(2)15(12-4-3-7-22-16(12)17)21-9-11-5-6-20-14(8-11)23-10-13(18)19/h5-6,8,12-13,15-16,21H,3-4,7,9-10H2,1-2H3/t12-,15-,16+/m1/s1. The van der Waals surface area contributed by atoms with Gasteiger partial charge in [0.15, 0.2) is 6.61 Å². The van der Waals surface area contributed by atoms with Gasteiger partial charge in [0.2, 0.25) is 5.88 Å². The van der Waals surface area contributed by atoms with E-state index in [-0.39, 0.29) is 11.3 Å². The molecule has 128 valence electrons. The molecule has 1 saturated heterocycles. The summed E-state index contributed by atoms with van der Waals surface area (Å²) in [4.78, 5) is 3.96. The first-order valence-electron chi connectivity index (χ1n) is 8.19. The second kappa shape index (κ2) is 6.69. The summed E-state index contributed by atoms with van der Waals surface area (Å²) >= 11 is 0. The van der Waals surface area contributed by atoms with Gasteiger partial charge in [-0.25, -0.2) is 13.8 Å². The van der Waals surface area contributed by atoms with Crippen LogP contribution in [-0.2, 0) is 11.3 Å². The summed E-state index contributed by atoms with van der Waals surface area (Å²) in [5.41, 5.74) is 1.10. The summed E-state index contributed by atoms with van der Waals surface area (Å²) in [6.45, 7) is 5.39. The van der Waals surface area contributed by atoms with Gasteiger partial charge in [0.25, 0.3) is 6.43 Å². The maximum Gasteiger partial charge on any atom is 0.272 e. The Morgan fingerprint density at radius 1 is 1.48 bits per heavy atom. The minimum atomic E-state index is -2.49. The van der Waals surface area contributed by atoms with Crippen LogP contribution >= 0.6 is 0 Å². The van der Waals surface area contributed by atoms with Crippen molar-refractivity contribution in [2.24, 2.45) is 11.3 Å². The lowest BCUT2D eigenvalue weighted by Gasteiger charge is -2.60. The predicted octanol–water partition coefficient (Wildman–Crippen LogP) is 3.02. The van der Waals surface area contributed by atoms with Crippen LogP contribution < -0.4 is 10.1 Å². The van der Waals surface area contributed by atoms with Gasteiger partial charge in [0, 0.05) is 42.8 Å². The number of halogens is 2. The highest BCUT2D eigenvalue weighted by atomic mass is 19.3. The number of hydrogen-bond acceptors (Lipinski definition) is 4. The van der Waals surface area contributed by atoms with Crippen LogP contribution in [0.25, 0.3) is 0 Å². The van der Waals surface area contributed by atoms with Gasteiger partial charge in [0.05, 0.1) is 6.10 Å². The van der Waals surface area contributed by atoms with Crippen LogP contribution in [-0.4, -0.2) is 36.8 Å². The Morgan fingerprint density at radius 3 is 3.09 bits per heavy atom. The maximum atomic E-state index is 12.2. The number of nitrogens with one attached hydrogen (secondary N) is 1. The Balaban J connectivity index is 1.57. The molecule has 2 aliphatic rings. The summed E-state index contributed by atoms with van der Waals surface area (Å²) in [5.74, 6) is 0.812. The van der Waals surface area contributed by atoms with Crippen molar-refractivity contribution in [3.8, 4) is 5.88 Å². The largest absolute Gasteiger partial charge is 0.472 e. The van der Waals surface area contributed by atoms with Crippen molar-refractivity contribution >= 4 is 0 Å². The third kappa shape index (κ3) is 3.48. The molecule has 1 aliphatic carbocycles. The quantitative estimate of drug-likeness (QED) is 0.873. The lowest BCUT2D eigenvalue weighted by molar-refractivity contribution is -0.192. The third-order valence-corrected chi connectivity index (χ3v) is 5.01. The van der Waals surface area contributed by atoms with E-state index < -0.39 is 13.0 Å². The first-order valence-corrected chi connectivity index (χ1v) is 8.19. The molecule has 0 spiro atoms. The van der Waals surface area contributed by atoms with Gasteiger partial charge in [0.1, 0.15) is 0 Å². The van der Waals surface area contributed by atoms with Gasteiger partial charge in [-0.3, -0.25) is 0 Å². The second-order valence-electron chi connectivity index (χ2n) is 6.98. The van der Waals surface area contributed by atoms with E-state index in [1.54, 1.807) is 12.3 Å². The molecule has 0 radical (unpaired) electrons. The van der Waals surface area contributed by atoms with Crippen LogP contribution in [0.15, 0.2) is 18.3 Å². The molecule has 1 saturated carbocycles. The number of pyridine rings is 1. The van der Waals surface area contributed by atoms with E-state index in [4.69, 9.17) is 9.47 Å². The number of aromatic nitrogens is 1. The number of alkyl halides is 2. The van der Waals surface area contributed by atoms with E-state index in [9.17, 15) is 8.78 Å². The number of ether oxygens (including phenoxy) is 2. The predicted molar refractivity (Wildman–Crippen MR) is 82.6 cm³/mol. The Kier molecular flexibility index (Phi) is 4.82. The highest BCUT2D eigenvalue weighted by molar-refractivity contribution is 5.21. The van der Waals surface area contributed by atoms with Crippen molar-refractivity contribution < 1.29 is 18.3 Å². The molecule has 3 atom stereocenters. The van der Waals surface area contributed by atoms with Crippen molar-refractivity contribution in [1.82, 2.24) is 10.3 Å². The fraction of sp³-hybridized carbons (Fsp3) is 0.706. The van der Waals surface area contributed by atoms with E-state index in [1.807, 2.05) is 6.07 Å². The Labute approximate surface area is 135 Å². The zero-order chi connectivity index (χ0) is 16.4. The summed E-state index contributed by atoms with van der Waals surface area (Å²) in [6.07, 6.45) is 1.77. The van der Waals surface area contributed by atoms with Crippen molar-refractivity contribution in [2.45, 2.75) is 51.8 Å². The zero-order valence-corrected chi connectivity index (χ0v) is 13.6. The minimum absolute atomic E-state index is 0.118. The fourth-order valence-electron chi connectivity index (χ4n) is 3.95. The van der Waals surface area contributed by atoms with Gasteiger partial charge >= 0.3 is 0 Å². The molecule has 2 fully saturated rings. The van der Waals surface area contributed by atoms with Crippen molar-refractivity contribution in [3.05, 3.63) is 23.9 Å². The lowest BCUT2D eigenvalue weighted by Crippen LogP contribution is -2.69. The molecular weight excluding hydrogens is 302 g/mol. The van der Waals surface area contributed by atoms with E-state index in [1.165, 1.54) is 6.42 Å². The fourth-order valence-corrected chi connectivity index (χ4v) is 3.95. The SMILES string of the molecule is CC1(C)[C@H](NCc2ccnc(OCC(F)F)c2)[C@H]2CCCO[C@@H]21. The van der Waals surface area contributed by atoms with Crippen molar-refractivity contribution in [3.63, 3.8) is 0 Å². The normalized spacial score (nSPS) is 29.0. The van der Waals surface area contributed by atoms with Crippen LogP contribution in [0.4, 0.5) is 8.78 Å². The summed E-state index contributed by atoms with van der Waals surface area (Å²) in [7, 11) is 0. The Morgan fingerprint density at radius 2 is 2.30 bits per heavy atom. The van der Waals surface area contributed by atoms with Gasteiger partial charge < -0.3 is 14.8 Å². The molecule has 1 N–H and O–H groups in total. The molecule has 4 nitrogen and oxygen atoms in total. The zero-order valence-electron chi connectivity index (χ0n) is 13.6. The first kappa shape index (κ1) is 16.6. The Bertz CT molecular complexity index is 539. The topological polar surface area (TPSA) is 43.4 Å². The number of hydrogen-bond donors (Lipinski definition) is 1. The van der Waals surface area contributed by atoms with E-state index in [0.29, 0.717) is 24.6 Å². The van der Waals surface area contributed by atoms with Gasteiger partial charge in [-0.05, 0) is 24.5 Å². The third-order valence-electron chi connectivity index (χ3n) is 5.01. The molecular formula is C17H24F2N2O2. The van der Waals surface area contributed by atoms with Crippen LogP contribution in [0, 0.1) is 11.3 Å². The molecule has 0 amide bonds. The van der Waals surface area contributed by atoms with Gasteiger partial charge in [-0.1, -0.05) is 13.8 Å². The van der Waals surface area contributed by atoms with Gasteiger partial charge in [-0.15, -0.1) is 0 Å². The van der Waals surface area contributed by atoms with E-state index in [2.05, 4.69) is 24.1 Å². The number of nitrogens with zero attached hydrogens (tertiary/aromatic N) is 1. The second-order valence-corrected chi connectivity index (χ2v) is 6.98. The molecule has 1 aromatic rings. The van der Waals surface area contributed by atoms with Crippen LogP contribution in [0.1, 0.15) is 32.3 Å². The molecule has 2 heterocycles. The Hall–Kier alpha value is -1.27. The number of rotatable bonds is 6. The van der Waals surface area contributed by atoms with Crippen LogP contribution in [0.5, 0.6) is 5.88 Å². The molecule has 1 aliphatic heterocycles. The smallest absolute Gasteiger partial charge is 0.272 e. The molecule has 0 bridgehead atoms. The van der Waals surface area contributed by atoms with Crippen molar-refractivity contribution in [1.29, 1.82) is 0 Å². The van der Waals surface area contributed by atoms with Crippen LogP contribution in [0.2, 0.25) is 0 Å². The highest BCUT2D eigenvalue weighted by Gasteiger charge is 2.57. The van der Waals surface area contributed by atoms with Crippen molar-refractivity contribution in [2.75, 3.05) is 13.2 Å². The van der Waals surface area contributed by atoms with E-state index >= 15 is 0 Å². The maximum absolute atomic E-state index is 12.2. The molecule has 6 heteroatoms. The van der Waals surface area contributed by atoms with Gasteiger partial charge in [-0.2, -0.15) is 0 Å².